The van der Waals surface area contributed by atoms with Crippen molar-refractivity contribution in [2.45, 2.75) is 0 Å². The molecule has 0 aliphatic heterocycles. The molecule has 4 heteroatoms. The summed E-state index contributed by atoms with van der Waals surface area (Å²) in [5.41, 5.74) is 4.00. The van der Waals surface area contributed by atoms with Gasteiger partial charge in [-0.05, 0) is 29.3 Å². The monoisotopic (exact) mass is 350 g/mol. The van der Waals surface area contributed by atoms with Crippen molar-refractivity contribution < 1.29 is 18.9 Å². The van der Waals surface area contributed by atoms with Gasteiger partial charge in [0.2, 0.25) is 0 Å². The first-order valence-corrected chi connectivity index (χ1v) is 8.26. The molecule has 0 spiro atoms. The third kappa shape index (κ3) is 3.18. The summed E-state index contributed by atoms with van der Waals surface area (Å²) in [4.78, 5) is 0. The minimum atomic E-state index is 0.703. The van der Waals surface area contributed by atoms with Gasteiger partial charge in [0, 0.05) is 11.1 Å². The molecule has 0 bridgehead atoms. The van der Waals surface area contributed by atoms with Gasteiger partial charge in [0.1, 0.15) is 0 Å². The van der Waals surface area contributed by atoms with Crippen molar-refractivity contribution in [3.63, 3.8) is 0 Å². The SMILES string of the molecule is COc1cccc(-c2cccc(-c3cccc(OC)c3OC)c2)c1OC. The minimum absolute atomic E-state index is 0.703. The lowest BCUT2D eigenvalue weighted by atomic mass is 9.97. The summed E-state index contributed by atoms with van der Waals surface area (Å²) in [5.74, 6) is 2.83. The molecule has 3 rings (SSSR count). The predicted molar refractivity (Wildman–Crippen MR) is 104 cm³/mol. The Morgan fingerprint density at radius 1 is 0.500 bits per heavy atom. The van der Waals surface area contributed by atoms with E-state index in [1.165, 1.54) is 0 Å². The molecule has 0 saturated heterocycles. The molecule has 134 valence electrons. The first kappa shape index (κ1) is 17.7. The number of benzene rings is 3. The summed E-state index contributed by atoms with van der Waals surface area (Å²) >= 11 is 0. The van der Waals surface area contributed by atoms with Crippen molar-refractivity contribution in [1.82, 2.24) is 0 Å². The van der Waals surface area contributed by atoms with E-state index in [-0.39, 0.29) is 0 Å². The normalized spacial score (nSPS) is 10.3. The highest BCUT2D eigenvalue weighted by molar-refractivity contribution is 5.81. The lowest BCUT2D eigenvalue weighted by Gasteiger charge is -2.15. The van der Waals surface area contributed by atoms with Crippen LogP contribution < -0.4 is 18.9 Å². The molecule has 0 radical (unpaired) electrons. The van der Waals surface area contributed by atoms with Gasteiger partial charge in [-0.25, -0.2) is 0 Å². The third-order valence-corrected chi connectivity index (χ3v) is 4.29. The lowest BCUT2D eigenvalue weighted by molar-refractivity contribution is 0.356. The average molecular weight is 350 g/mol. The number of methoxy groups -OCH3 is 4. The first-order chi connectivity index (χ1) is 12.7. The second-order valence-electron chi connectivity index (χ2n) is 5.66. The minimum Gasteiger partial charge on any atom is -0.493 e. The summed E-state index contributed by atoms with van der Waals surface area (Å²) in [6, 6.07) is 19.9. The fourth-order valence-corrected chi connectivity index (χ4v) is 3.08. The molecular formula is C22H22O4. The summed E-state index contributed by atoms with van der Waals surface area (Å²) < 4.78 is 22.0. The van der Waals surface area contributed by atoms with E-state index in [9.17, 15) is 0 Å². The van der Waals surface area contributed by atoms with E-state index < -0.39 is 0 Å². The number of para-hydroxylation sites is 2. The lowest BCUT2D eigenvalue weighted by Crippen LogP contribution is -1.94. The molecule has 0 aromatic heterocycles. The van der Waals surface area contributed by atoms with Gasteiger partial charge in [-0.1, -0.05) is 42.5 Å². The van der Waals surface area contributed by atoms with Gasteiger partial charge in [0.15, 0.2) is 23.0 Å². The van der Waals surface area contributed by atoms with Crippen molar-refractivity contribution in [3.05, 3.63) is 60.7 Å². The summed E-state index contributed by atoms with van der Waals surface area (Å²) in [6.07, 6.45) is 0. The standard InChI is InChI=1S/C22H22O4/c1-23-19-12-6-10-17(21(19)25-3)15-8-5-9-16(14-15)18-11-7-13-20(24-2)22(18)26-4/h5-14H,1-4H3. The molecule has 0 heterocycles. The van der Waals surface area contributed by atoms with E-state index in [4.69, 9.17) is 18.9 Å². The first-order valence-electron chi connectivity index (χ1n) is 8.26. The van der Waals surface area contributed by atoms with Gasteiger partial charge < -0.3 is 18.9 Å². The number of ether oxygens (including phenoxy) is 4. The molecule has 26 heavy (non-hydrogen) atoms. The Morgan fingerprint density at radius 2 is 0.923 bits per heavy atom. The van der Waals surface area contributed by atoms with Gasteiger partial charge in [0.25, 0.3) is 0 Å². The average Bonchev–Trinajstić information content (AvgIpc) is 2.72. The molecule has 3 aromatic rings. The molecule has 0 aliphatic carbocycles. The molecule has 4 nitrogen and oxygen atoms in total. The van der Waals surface area contributed by atoms with Crippen LogP contribution in [-0.2, 0) is 0 Å². The van der Waals surface area contributed by atoms with Crippen LogP contribution in [0.4, 0.5) is 0 Å². The summed E-state index contributed by atoms with van der Waals surface area (Å²) in [6.45, 7) is 0. The fourth-order valence-electron chi connectivity index (χ4n) is 3.08. The zero-order valence-corrected chi connectivity index (χ0v) is 15.4. The Kier molecular flexibility index (Phi) is 5.32. The summed E-state index contributed by atoms with van der Waals surface area (Å²) in [7, 11) is 6.57. The maximum atomic E-state index is 5.58. The topological polar surface area (TPSA) is 36.9 Å². The van der Waals surface area contributed by atoms with Crippen LogP contribution in [0.25, 0.3) is 22.3 Å². The fraction of sp³-hybridized carbons (Fsp3) is 0.182. The largest absolute Gasteiger partial charge is 0.493 e. The maximum absolute atomic E-state index is 5.58. The highest BCUT2D eigenvalue weighted by Gasteiger charge is 2.15. The van der Waals surface area contributed by atoms with Crippen molar-refractivity contribution in [2.24, 2.45) is 0 Å². The van der Waals surface area contributed by atoms with Crippen LogP contribution in [0, 0.1) is 0 Å². The van der Waals surface area contributed by atoms with Crippen molar-refractivity contribution in [1.29, 1.82) is 0 Å². The smallest absolute Gasteiger partial charge is 0.168 e. The summed E-state index contributed by atoms with van der Waals surface area (Å²) in [5, 5.41) is 0. The Morgan fingerprint density at radius 3 is 1.31 bits per heavy atom. The molecule has 0 atom stereocenters. The van der Waals surface area contributed by atoms with Crippen molar-refractivity contribution in [3.8, 4) is 45.3 Å². The van der Waals surface area contributed by atoms with Crippen molar-refractivity contribution in [2.75, 3.05) is 28.4 Å². The van der Waals surface area contributed by atoms with Gasteiger partial charge in [-0.2, -0.15) is 0 Å². The highest BCUT2D eigenvalue weighted by Crippen LogP contribution is 2.41. The van der Waals surface area contributed by atoms with E-state index in [2.05, 4.69) is 6.07 Å². The Labute approximate surface area is 153 Å². The molecule has 3 aromatic carbocycles. The molecule has 0 aliphatic rings. The maximum Gasteiger partial charge on any atom is 0.168 e. The van der Waals surface area contributed by atoms with E-state index in [0.29, 0.717) is 23.0 Å². The number of hydrogen-bond acceptors (Lipinski definition) is 4. The third-order valence-electron chi connectivity index (χ3n) is 4.29. The van der Waals surface area contributed by atoms with Crippen LogP contribution in [0.1, 0.15) is 0 Å². The molecule has 0 fully saturated rings. The van der Waals surface area contributed by atoms with Crippen LogP contribution in [0.3, 0.4) is 0 Å². The number of hydrogen-bond donors (Lipinski definition) is 0. The van der Waals surface area contributed by atoms with Crippen LogP contribution >= 0.6 is 0 Å². The van der Waals surface area contributed by atoms with Gasteiger partial charge in [-0.3, -0.25) is 0 Å². The van der Waals surface area contributed by atoms with Crippen LogP contribution in [0.2, 0.25) is 0 Å². The van der Waals surface area contributed by atoms with E-state index in [0.717, 1.165) is 22.3 Å². The van der Waals surface area contributed by atoms with Gasteiger partial charge in [0.05, 0.1) is 28.4 Å². The number of rotatable bonds is 6. The second-order valence-corrected chi connectivity index (χ2v) is 5.66. The van der Waals surface area contributed by atoms with Crippen LogP contribution in [0.5, 0.6) is 23.0 Å². The van der Waals surface area contributed by atoms with Gasteiger partial charge >= 0.3 is 0 Å². The predicted octanol–water partition coefficient (Wildman–Crippen LogP) is 5.06. The Balaban J connectivity index is 2.14. The van der Waals surface area contributed by atoms with Crippen molar-refractivity contribution >= 4 is 0 Å². The zero-order chi connectivity index (χ0) is 18.5. The Bertz CT molecular complexity index is 832. The van der Waals surface area contributed by atoms with E-state index >= 15 is 0 Å². The molecule has 0 amide bonds. The quantitative estimate of drug-likeness (QED) is 0.623. The second kappa shape index (κ2) is 7.83. The molecular weight excluding hydrogens is 328 g/mol. The molecule has 0 saturated carbocycles. The highest BCUT2D eigenvalue weighted by atomic mass is 16.5. The van der Waals surface area contributed by atoms with Crippen LogP contribution in [-0.4, -0.2) is 28.4 Å². The zero-order valence-electron chi connectivity index (χ0n) is 15.4. The van der Waals surface area contributed by atoms with E-state index in [1.54, 1.807) is 28.4 Å². The van der Waals surface area contributed by atoms with Gasteiger partial charge in [-0.15, -0.1) is 0 Å². The molecule has 0 N–H and O–H groups in total. The Hall–Kier alpha value is -3.14. The van der Waals surface area contributed by atoms with E-state index in [1.807, 2.05) is 54.6 Å². The molecule has 0 unspecified atom stereocenters. The van der Waals surface area contributed by atoms with Crippen LogP contribution in [0.15, 0.2) is 60.7 Å².